The van der Waals surface area contributed by atoms with Gasteiger partial charge in [0.1, 0.15) is 6.61 Å². The standard InChI is InChI=1S/C17H23NO3/c19-10-15(13-6-7-13)16(14-8-9-14)18-17(20)21-11-12-4-2-1-3-5-12/h1-5,13-16,19H,6-11H2,(H,18,20). The van der Waals surface area contributed by atoms with Crippen molar-refractivity contribution in [2.75, 3.05) is 6.61 Å². The average molecular weight is 289 g/mol. The van der Waals surface area contributed by atoms with E-state index in [2.05, 4.69) is 5.32 Å². The lowest BCUT2D eigenvalue weighted by Crippen LogP contribution is -2.44. The molecule has 0 aliphatic heterocycles. The summed E-state index contributed by atoms with van der Waals surface area (Å²) in [5.41, 5.74) is 0.983. The van der Waals surface area contributed by atoms with Gasteiger partial charge in [0.05, 0.1) is 0 Å². The number of hydrogen-bond acceptors (Lipinski definition) is 3. The molecule has 4 heteroatoms. The van der Waals surface area contributed by atoms with Gasteiger partial charge in [0, 0.05) is 18.6 Å². The molecule has 21 heavy (non-hydrogen) atoms. The van der Waals surface area contributed by atoms with Crippen molar-refractivity contribution in [3.63, 3.8) is 0 Å². The van der Waals surface area contributed by atoms with E-state index in [1.165, 1.54) is 12.8 Å². The monoisotopic (exact) mass is 289 g/mol. The Balaban J connectivity index is 1.51. The van der Waals surface area contributed by atoms with Crippen molar-refractivity contribution in [1.29, 1.82) is 0 Å². The van der Waals surface area contributed by atoms with E-state index in [1.807, 2.05) is 30.3 Å². The van der Waals surface area contributed by atoms with Crippen molar-refractivity contribution in [2.45, 2.75) is 38.3 Å². The second-order valence-corrected chi connectivity index (χ2v) is 6.25. The SMILES string of the molecule is O=C(NC(C1CC1)C(CO)C1CC1)OCc1ccccc1. The number of aliphatic hydroxyl groups is 1. The first-order valence-corrected chi connectivity index (χ1v) is 7.86. The molecule has 0 saturated heterocycles. The van der Waals surface area contributed by atoms with E-state index < -0.39 is 0 Å². The number of carbonyl (C=O) groups is 1. The molecule has 3 rings (SSSR count). The van der Waals surface area contributed by atoms with Gasteiger partial charge in [-0.15, -0.1) is 0 Å². The van der Waals surface area contributed by atoms with Gasteiger partial charge < -0.3 is 15.2 Å². The zero-order chi connectivity index (χ0) is 14.7. The highest BCUT2D eigenvalue weighted by molar-refractivity contribution is 5.67. The van der Waals surface area contributed by atoms with Crippen LogP contribution >= 0.6 is 0 Å². The van der Waals surface area contributed by atoms with Crippen LogP contribution in [-0.2, 0) is 11.3 Å². The quantitative estimate of drug-likeness (QED) is 0.811. The van der Waals surface area contributed by atoms with Crippen LogP contribution in [0.5, 0.6) is 0 Å². The lowest BCUT2D eigenvalue weighted by atomic mass is 9.92. The number of benzene rings is 1. The fraction of sp³-hybridized carbons (Fsp3) is 0.588. The van der Waals surface area contributed by atoms with Crippen LogP contribution in [-0.4, -0.2) is 23.8 Å². The number of rotatable bonds is 7. The van der Waals surface area contributed by atoms with E-state index >= 15 is 0 Å². The number of alkyl carbamates (subject to hydrolysis) is 1. The molecule has 2 aliphatic rings. The number of hydrogen-bond donors (Lipinski definition) is 2. The van der Waals surface area contributed by atoms with Crippen molar-refractivity contribution >= 4 is 6.09 Å². The van der Waals surface area contributed by atoms with E-state index in [0.717, 1.165) is 18.4 Å². The second-order valence-electron chi connectivity index (χ2n) is 6.25. The highest BCUT2D eigenvalue weighted by Gasteiger charge is 2.44. The summed E-state index contributed by atoms with van der Waals surface area (Å²) in [6, 6.07) is 9.75. The highest BCUT2D eigenvalue weighted by Crippen LogP contribution is 2.44. The Morgan fingerprint density at radius 1 is 1.19 bits per heavy atom. The summed E-state index contributed by atoms with van der Waals surface area (Å²) < 4.78 is 5.30. The molecular weight excluding hydrogens is 266 g/mol. The van der Waals surface area contributed by atoms with E-state index in [1.54, 1.807) is 0 Å². The van der Waals surface area contributed by atoms with E-state index in [0.29, 0.717) is 11.8 Å². The summed E-state index contributed by atoms with van der Waals surface area (Å²) in [4.78, 5) is 12.0. The third kappa shape index (κ3) is 3.97. The number of ether oxygens (including phenoxy) is 1. The predicted molar refractivity (Wildman–Crippen MR) is 79.6 cm³/mol. The summed E-state index contributed by atoms with van der Waals surface area (Å²) in [5, 5.41) is 12.6. The van der Waals surface area contributed by atoms with Gasteiger partial charge >= 0.3 is 6.09 Å². The zero-order valence-electron chi connectivity index (χ0n) is 12.2. The summed E-state index contributed by atoms with van der Waals surface area (Å²) in [5.74, 6) is 1.30. The number of carbonyl (C=O) groups excluding carboxylic acids is 1. The van der Waals surface area contributed by atoms with Crippen molar-refractivity contribution in [3.05, 3.63) is 35.9 Å². The minimum absolute atomic E-state index is 0.0748. The van der Waals surface area contributed by atoms with Crippen LogP contribution in [0.3, 0.4) is 0 Å². The molecule has 2 unspecified atom stereocenters. The predicted octanol–water partition coefficient (Wildman–Crippen LogP) is 2.71. The molecule has 0 radical (unpaired) electrons. The van der Waals surface area contributed by atoms with Gasteiger partial charge in [0.2, 0.25) is 0 Å². The minimum atomic E-state index is -0.366. The van der Waals surface area contributed by atoms with E-state index in [4.69, 9.17) is 4.74 Å². The molecule has 2 atom stereocenters. The number of nitrogens with one attached hydrogen (secondary N) is 1. The van der Waals surface area contributed by atoms with Crippen LogP contribution in [0.4, 0.5) is 4.79 Å². The molecular formula is C17H23NO3. The van der Waals surface area contributed by atoms with Crippen molar-refractivity contribution in [2.24, 2.45) is 17.8 Å². The van der Waals surface area contributed by atoms with Crippen LogP contribution in [0.1, 0.15) is 31.2 Å². The topological polar surface area (TPSA) is 58.6 Å². The maximum atomic E-state index is 12.0. The first-order chi connectivity index (χ1) is 10.3. The Kier molecular flexibility index (Phi) is 4.44. The molecule has 0 spiro atoms. The average Bonchev–Trinajstić information content (AvgIpc) is 3.39. The van der Waals surface area contributed by atoms with Gasteiger partial charge in [0.25, 0.3) is 0 Å². The van der Waals surface area contributed by atoms with Crippen LogP contribution in [0.25, 0.3) is 0 Å². The fourth-order valence-electron chi connectivity index (χ4n) is 3.01. The Bertz CT molecular complexity index is 468. The molecule has 114 valence electrons. The number of amides is 1. The Morgan fingerprint density at radius 2 is 1.86 bits per heavy atom. The summed E-state index contributed by atoms with van der Waals surface area (Å²) in [7, 11) is 0. The van der Waals surface area contributed by atoms with Crippen molar-refractivity contribution in [3.8, 4) is 0 Å². The molecule has 1 amide bonds. The first-order valence-electron chi connectivity index (χ1n) is 7.86. The van der Waals surface area contributed by atoms with Crippen molar-refractivity contribution < 1.29 is 14.6 Å². The smallest absolute Gasteiger partial charge is 0.407 e. The fourth-order valence-corrected chi connectivity index (χ4v) is 3.01. The normalized spacial score (nSPS) is 20.6. The van der Waals surface area contributed by atoms with Gasteiger partial charge in [-0.2, -0.15) is 0 Å². The van der Waals surface area contributed by atoms with Gasteiger partial charge in [-0.05, 0) is 43.1 Å². The minimum Gasteiger partial charge on any atom is -0.445 e. The molecule has 2 N–H and O–H groups in total. The van der Waals surface area contributed by atoms with Gasteiger partial charge in [-0.25, -0.2) is 4.79 Å². The molecule has 2 fully saturated rings. The lowest BCUT2D eigenvalue weighted by molar-refractivity contribution is 0.116. The van der Waals surface area contributed by atoms with Crippen LogP contribution < -0.4 is 5.32 Å². The molecule has 0 aromatic heterocycles. The molecule has 0 bridgehead atoms. The molecule has 2 saturated carbocycles. The molecule has 2 aliphatic carbocycles. The van der Waals surface area contributed by atoms with Gasteiger partial charge in [-0.3, -0.25) is 0 Å². The molecule has 1 aromatic carbocycles. The lowest BCUT2D eigenvalue weighted by Gasteiger charge is -2.26. The third-order valence-corrected chi connectivity index (χ3v) is 4.53. The van der Waals surface area contributed by atoms with Crippen LogP contribution in [0, 0.1) is 17.8 Å². The summed E-state index contributed by atoms with van der Waals surface area (Å²) >= 11 is 0. The summed E-state index contributed by atoms with van der Waals surface area (Å²) in [6.07, 6.45) is 4.28. The first kappa shape index (κ1) is 14.4. The highest BCUT2D eigenvalue weighted by atomic mass is 16.5. The molecule has 1 aromatic rings. The van der Waals surface area contributed by atoms with E-state index in [9.17, 15) is 9.90 Å². The van der Waals surface area contributed by atoms with Crippen LogP contribution in [0.2, 0.25) is 0 Å². The maximum absolute atomic E-state index is 12.0. The number of aliphatic hydroxyl groups excluding tert-OH is 1. The second kappa shape index (κ2) is 6.48. The Labute approximate surface area is 125 Å². The Hall–Kier alpha value is -1.55. The maximum Gasteiger partial charge on any atom is 0.407 e. The molecule has 0 heterocycles. The van der Waals surface area contributed by atoms with Gasteiger partial charge in [0.15, 0.2) is 0 Å². The Morgan fingerprint density at radius 3 is 2.43 bits per heavy atom. The molecule has 4 nitrogen and oxygen atoms in total. The van der Waals surface area contributed by atoms with E-state index in [-0.39, 0.29) is 31.3 Å². The van der Waals surface area contributed by atoms with Gasteiger partial charge in [-0.1, -0.05) is 30.3 Å². The van der Waals surface area contributed by atoms with Crippen LogP contribution in [0.15, 0.2) is 30.3 Å². The largest absolute Gasteiger partial charge is 0.445 e. The zero-order valence-corrected chi connectivity index (χ0v) is 12.2. The third-order valence-electron chi connectivity index (χ3n) is 4.53. The van der Waals surface area contributed by atoms with Crippen molar-refractivity contribution in [1.82, 2.24) is 5.32 Å². The summed E-state index contributed by atoms with van der Waals surface area (Å²) in [6.45, 7) is 0.447.